The van der Waals surface area contributed by atoms with E-state index in [4.69, 9.17) is 0 Å². The molecule has 140 valence electrons. The van der Waals surface area contributed by atoms with E-state index in [1.165, 1.54) is 4.57 Å². The lowest BCUT2D eigenvalue weighted by molar-refractivity contribution is 0.567. The molecule has 2 heterocycles. The molecule has 5 nitrogen and oxygen atoms in total. The van der Waals surface area contributed by atoms with Crippen LogP contribution in [0.2, 0.25) is 0 Å². The average Bonchev–Trinajstić information content (AvgIpc) is 2.75. The molecule has 0 aliphatic carbocycles. The molecule has 5 heteroatoms. The number of rotatable bonds is 6. The van der Waals surface area contributed by atoms with Crippen LogP contribution in [0.25, 0.3) is 11.0 Å². The Hall–Kier alpha value is -3.47. The summed E-state index contributed by atoms with van der Waals surface area (Å²) in [5.41, 5.74) is 2.55. The summed E-state index contributed by atoms with van der Waals surface area (Å²) in [4.78, 5) is 30.3. The molecule has 0 fully saturated rings. The second kappa shape index (κ2) is 8.05. The van der Waals surface area contributed by atoms with Crippen LogP contribution in [0.15, 0.2) is 88.6 Å². The molecule has 0 spiro atoms. The lowest BCUT2D eigenvalue weighted by Gasteiger charge is -2.13. The molecule has 0 saturated heterocycles. The van der Waals surface area contributed by atoms with Gasteiger partial charge in [0.25, 0.3) is 5.56 Å². The molecule has 0 atom stereocenters. The zero-order chi connectivity index (χ0) is 19.3. The second-order valence-electron chi connectivity index (χ2n) is 6.73. The number of hydrogen-bond donors (Lipinski definition) is 0. The Bertz CT molecular complexity index is 1200. The van der Waals surface area contributed by atoms with Crippen LogP contribution in [0.4, 0.5) is 0 Å². The van der Waals surface area contributed by atoms with Gasteiger partial charge in [-0.25, -0.2) is 9.78 Å². The SMILES string of the molecule is O=c1c2ncccc2n(CCc2ccccc2)c(=O)n1CCc1ccccc1. The fourth-order valence-electron chi connectivity index (χ4n) is 3.43. The van der Waals surface area contributed by atoms with E-state index < -0.39 is 0 Å². The van der Waals surface area contributed by atoms with Crippen LogP contribution in [0.1, 0.15) is 11.1 Å². The van der Waals surface area contributed by atoms with Crippen molar-refractivity contribution in [2.24, 2.45) is 0 Å². The van der Waals surface area contributed by atoms with Crippen molar-refractivity contribution in [2.45, 2.75) is 25.9 Å². The number of fused-ring (bicyclic) bond motifs is 1. The highest BCUT2D eigenvalue weighted by atomic mass is 16.2. The smallest absolute Gasteiger partial charge is 0.291 e. The number of aromatic nitrogens is 3. The van der Waals surface area contributed by atoms with Gasteiger partial charge in [-0.1, -0.05) is 60.7 Å². The van der Waals surface area contributed by atoms with Gasteiger partial charge < -0.3 is 0 Å². The van der Waals surface area contributed by atoms with Crippen LogP contribution in [-0.4, -0.2) is 14.1 Å². The first kappa shape index (κ1) is 17.9. The van der Waals surface area contributed by atoms with E-state index >= 15 is 0 Å². The van der Waals surface area contributed by atoms with Crippen LogP contribution < -0.4 is 11.2 Å². The van der Waals surface area contributed by atoms with Crippen LogP contribution in [0.3, 0.4) is 0 Å². The molecule has 4 rings (SSSR count). The number of hydrogen-bond acceptors (Lipinski definition) is 3. The van der Waals surface area contributed by atoms with E-state index in [9.17, 15) is 9.59 Å². The Labute approximate surface area is 162 Å². The highest BCUT2D eigenvalue weighted by Crippen LogP contribution is 2.08. The first-order chi connectivity index (χ1) is 13.7. The molecule has 0 unspecified atom stereocenters. The molecular formula is C23H21N3O2. The van der Waals surface area contributed by atoms with Gasteiger partial charge in [0.2, 0.25) is 0 Å². The maximum atomic E-state index is 13.1. The molecule has 0 aliphatic rings. The standard InChI is InChI=1S/C23H21N3O2/c27-22-21-20(12-7-15-24-21)25(16-13-18-8-3-1-4-9-18)23(28)26(22)17-14-19-10-5-2-6-11-19/h1-12,15H,13-14,16-17H2. The normalized spacial score (nSPS) is 11.0. The van der Waals surface area contributed by atoms with E-state index in [0.717, 1.165) is 11.1 Å². The van der Waals surface area contributed by atoms with Gasteiger partial charge in [-0.15, -0.1) is 0 Å². The molecule has 0 radical (unpaired) electrons. The zero-order valence-electron chi connectivity index (χ0n) is 15.5. The van der Waals surface area contributed by atoms with Gasteiger partial charge in [-0.3, -0.25) is 13.9 Å². The van der Waals surface area contributed by atoms with Crippen molar-refractivity contribution in [3.8, 4) is 0 Å². The van der Waals surface area contributed by atoms with Crippen LogP contribution in [0, 0.1) is 0 Å². The molecule has 2 aromatic carbocycles. The van der Waals surface area contributed by atoms with E-state index in [0.29, 0.717) is 37.0 Å². The Kier molecular flexibility index (Phi) is 5.15. The van der Waals surface area contributed by atoms with Gasteiger partial charge in [0.05, 0.1) is 5.52 Å². The summed E-state index contributed by atoms with van der Waals surface area (Å²) in [6.45, 7) is 0.830. The first-order valence-electron chi connectivity index (χ1n) is 9.40. The Balaban J connectivity index is 1.73. The molecule has 2 aromatic heterocycles. The van der Waals surface area contributed by atoms with Crippen molar-refractivity contribution < 1.29 is 0 Å². The van der Waals surface area contributed by atoms with E-state index in [1.54, 1.807) is 22.9 Å². The topological polar surface area (TPSA) is 56.9 Å². The highest BCUT2D eigenvalue weighted by Gasteiger charge is 2.14. The minimum Gasteiger partial charge on any atom is -0.291 e. The van der Waals surface area contributed by atoms with Crippen molar-refractivity contribution in [3.05, 3.63) is 111 Å². The molecular weight excluding hydrogens is 350 g/mol. The van der Waals surface area contributed by atoms with Gasteiger partial charge in [0.15, 0.2) is 5.52 Å². The summed E-state index contributed by atoms with van der Waals surface area (Å²) in [5.74, 6) is 0. The quantitative estimate of drug-likeness (QED) is 0.523. The maximum absolute atomic E-state index is 13.1. The Morgan fingerprint density at radius 1 is 0.679 bits per heavy atom. The monoisotopic (exact) mass is 371 g/mol. The fourth-order valence-corrected chi connectivity index (χ4v) is 3.43. The molecule has 4 aromatic rings. The molecule has 28 heavy (non-hydrogen) atoms. The lowest BCUT2D eigenvalue weighted by atomic mass is 10.1. The predicted octanol–water partition coefficient (Wildman–Crippen LogP) is 3.04. The van der Waals surface area contributed by atoms with E-state index in [1.807, 2.05) is 60.7 Å². The number of pyridine rings is 1. The summed E-state index contributed by atoms with van der Waals surface area (Å²) in [7, 11) is 0. The van der Waals surface area contributed by atoms with Crippen LogP contribution in [0.5, 0.6) is 0 Å². The second-order valence-corrected chi connectivity index (χ2v) is 6.73. The summed E-state index contributed by atoms with van der Waals surface area (Å²) in [6, 6.07) is 23.4. The van der Waals surface area contributed by atoms with Crippen LogP contribution in [-0.2, 0) is 25.9 Å². The zero-order valence-corrected chi connectivity index (χ0v) is 15.5. The van der Waals surface area contributed by atoms with Crippen molar-refractivity contribution >= 4 is 11.0 Å². The third kappa shape index (κ3) is 3.64. The first-order valence-corrected chi connectivity index (χ1v) is 9.40. The lowest BCUT2D eigenvalue weighted by Crippen LogP contribution is -2.41. The highest BCUT2D eigenvalue weighted by molar-refractivity contribution is 5.73. The van der Waals surface area contributed by atoms with Gasteiger partial charge in [0, 0.05) is 19.3 Å². The molecule has 0 saturated carbocycles. The number of aryl methyl sites for hydroxylation is 3. The maximum Gasteiger partial charge on any atom is 0.331 e. The van der Waals surface area contributed by atoms with E-state index in [2.05, 4.69) is 4.98 Å². The fraction of sp³-hybridized carbons (Fsp3) is 0.174. The van der Waals surface area contributed by atoms with Gasteiger partial charge in [-0.05, 0) is 36.1 Å². The molecule has 0 amide bonds. The Morgan fingerprint density at radius 3 is 1.86 bits per heavy atom. The van der Waals surface area contributed by atoms with Crippen LogP contribution >= 0.6 is 0 Å². The molecule has 0 aliphatic heterocycles. The average molecular weight is 371 g/mol. The van der Waals surface area contributed by atoms with Gasteiger partial charge in [0.1, 0.15) is 0 Å². The Morgan fingerprint density at radius 2 is 1.25 bits per heavy atom. The van der Waals surface area contributed by atoms with Gasteiger partial charge in [-0.2, -0.15) is 0 Å². The van der Waals surface area contributed by atoms with Crippen molar-refractivity contribution in [1.82, 2.24) is 14.1 Å². The minimum atomic E-state index is -0.326. The predicted molar refractivity (Wildman–Crippen MR) is 111 cm³/mol. The largest absolute Gasteiger partial charge is 0.331 e. The summed E-state index contributed by atoms with van der Waals surface area (Å²) in [6.07, 6.45) is 2.92. The number of benzene rings is 2. The minimum absolute atomic E-state index is 0.280. The third-order valence-corrected chi connectivity index (χ3v) is 4.92. The molecule has 0 N–H and O–H groups in total. The van der Waals surface area contributed by atoms with E-state index in [-0.39, 0.29) is 11.2 Å². The summed E-state index contributed by atoms with van der Waals surface area (Å²) in [5, 5.41) is 0. The third-order valence-electron chi connectivity index (χ3n) is 4.92. The van der Waals surface area contributed by atoms with Crippen molar-refractivity contribution in [1.29, 1.82) is 0 Å². The molecule has 0 bridgehead atoms. The van der Waals surface area contributed by atoms with Crippen molar-refractivity contribution in [2.75, 3.05) is 0 Å². The number of nitrogens with zero attached hydrogens (tertiary/aromatic N) is 3. The van der Waals surface area contributed by atoms with Gasteiger partial charge >= 0.3 is 5.69 Å². The van der Waals surface area contributed by atoms with Crippen molar-refractivity contribution in [3.63, 3.8) is 0 Å². The summed E-state index contributed by atoms with van der Waals surface area (Å²) < 4.78 is 2.98. The summed E-state index contributed by atoms with van der Waals surface area (Å²) >= 11 is 0.